The van der Waals surface area contributed by atoms with Crippen LogP contribution >= 0.6 is 0 Å². The Kier molecular flexibility index (Phi) is 8.26. The zero-order chi connectivity index (χ0) is 13.9. The zero-order valence-electron chi connectivity index (χ0n) is 12.4. The lowest BCUT2D eigenvalue weighted by atomic mass is 10.2. The largest absolute Gasteiger partial charge is 0.494 e. The lowest BCUT2D eigenvalue weighted by Gasteiger charge is -2.16. The fraction of sp³-hybridized carbons (Fsp3) is 0.625. The maximum Gasteiger partial charge on any atom is 0.119 e. The first-order chi connectivity index (χ1) is 9.30. The highest BCUT2D eigenvalue weighted by atomic mass is 16.5. The van der Waals surface area contributed by atoms with Crippen LogP contribution in [0.15, 0.2) is 24.3 Å². The Labute approximate surface area is 117 Å². The minimum absolute atomic E-state index is 0.422. The third-order valence-electron chi connectivity index (χ3n) is 3.15. The van der Waals surface area contributed by atoms with Crippen molar-refractivity contribution in [3.8, 4) is 5.75 Å². The molecular weight excluding hydrogens is 238 g/mol. The Morgan fingerprint density at radius 3 is 2.47 bits per heavy atom. The molecule has 0 aliphatic carbocycles. The van der Waals surface area contributed by atoms with Crippen molar-refractivity contribution >= 4 is 0 Å². The van der Waals surface area contributed by atoms with E-state index >= 15 is 0 Å². The van der Waals surface area contributed by atoms with Crippen LogP contribution in [-0.2, 0) is 11.3 Å². The van der Waals surface area contributed by atoms with Crippen molar-refractivity contribution in [2.24, 2.45) is 0 Å². The average Bonchev–Trinajstić information content (AvgIpc) is 2.45. The summed E-state index contributed by atoms with van der Waals surface area (Å²) in [6, 6.07) is 8.75. The second-order valence-corrected chi connectivity index (χ2v) is 4.79. The van der Waals surface area contributed by atoms with Gasteiger partial charge in [0.05, 0.1) is 13.2 Å². The SMILES string of the molecule is CCCCOc1ccc(CNC(CC)COC)cc1. The summed E-state index contributed by atoms with van der Waals surface area (Å²) >= 11 is 0. The van der Waals surface area contributed by atoms with Crippen LogP contribution in [-0.4, -0.2) is 26.4 Å². The molecule has 0 aromatic heterocycles. The fourth-order valence-electron chi connectivity index (χ4n) is 1.82. The van der Waals surface area contributed by atoms with E-state index in [0.717, 1.165) is 38.3 Å². The van der Waals surface area contributed by atoms with Crippen molar-refractivity contribution in [1.82, 2.24) is 5.32 Å². The molecule has 0 saturated carbocycles. The molecule has 0 heterocycles. The lowest BCUT2D eigenvalue weighted by molar-refractivity contribution is 0.164. The van der Waals surface area contributed by atoms with Gasteiger partial charge in [-0.15, -0.1) is 0 Å². The molecule has 108 valence electrons. The number of unbranched alkanes of at least 4 members (excludes halogenated alkanes) is 1. The van der Waals surface area contributed by atoms with Crippen LogP contribution in [0.1, 0.15) is 38.7 Å². The van der Waals surface area contributed by atoms with Gasteiger partial charge in [0.1, 0.15) is 5.75 Å². The van der Waals surface area contributed by atoms with E-state index in [4.69, 9.17) is 9.47 Å². The van der Waals surface area contributed by atoms with Gasteiger partial charge in [0.25, 0.3) is 0 Å². The van der Waals surface area contributed by atoms with Crippen LogP contribution in [0.3, 0.4) is 0 Å². The molecule has 19 heavy (non-hydrogen) atoms. The van der Waals surface area contributed by atoms with Crippen molar-refractivity contribution in [3.05, 3.63) is 29.8 Å². The number of rotatable bonds is 10. The molecule has 1 aromatic carbocycles. The van der Waals surface area contributed by atoms with Crippen LogP contribution in [0, 0.1) is 0 Å². The lowest BCUT2D eigenvalue weighted by Crippen LogP contribution is -2.31. The smallest absolute Gasteiger partial charge is 0.119 e. The summed E-state index contributed by atoms with van der Waals surface area (Å²) in [5, 5.41) is 3.49. The van der Waals surface area contributed by atoms with Gasteiger partial charge < -0.3 is 14.8 Å². The molecule has 0 amide bonds. The van der Waals surface area contributed by atoms with E-state index in [2.05, 4.69) is 31.3 Å². The molecule has 0 spiro atoms. The van der Waals surface area contributed by atoms with E-state index < -0.39 is 0 Å². The summed E-state index contributed by atoms with van der Waals surface area (Å²) in [4.78, 5) is 0. The quantitative estimate of drug-likeness (QED) is 0.658. The summed E-state index contributed by atoms with van der Waals surface area (Å²) in [6.45, 7) is 6.77. The topological polar surface area (TPSA) is 30.5 Å². The van der Waals surface area contributed by atoms with Gasteiger partial charge in [0.15, 0.2) is 0 Å². The molecule has 3 nitrogen and oxygen atoms in total. The minimum Gasteiger partial charge on any atom is -0.494 e. The van der Waals surface area contributed by atoms with Crippen LogP contribution in [0.25, 0.3) is 0 Å². The molecule has 0 aliphatic rings. The number of hydrogen-bond donors (Lipinski definition) is 1. The van der Waals surface area contributed by atoms with Crippen molar-refractivity contribution in [3.63, 3.8) is 0 Å². The third-order valence-corrected chi connectivity index (χ3v) is 3.15. The number of benzene rings is 1. The molecule has 1 atom stereocenters. The van der Waals surface area contributed by atoms with Gasteiger partial charge in [-0.25, -0.2) is 0 Å². The summed E-state index contributed by atoms with van der Waals surface area (Å²) in [5.41, 5.74) is 1.28. The van der Waals surface area contributed by atoms with Gasteiger partial charge in [-0.2, -0.15) is 0 Å². The van der Waals surface area contributed by atoms with Crippen molar-refractivity contribution in [2.75, 3.05) is 20.3 Å². The average molecular weight is 265 g/mol. The van der Waals surface area contributed by atoms with E-state index in [-0.39, 0.29) is 0 Å². The van der Waals surface area contributed by atoms with Crippen LogP contribution in [0.5, 0.6) is 5.75 Å². The maximum atomic E-state index is 5.65. The second kappa shape index (κ2) is 9.82. The molecule has 0 saturated heterocycles. The summed E-state index contributed by atoms with van der Waals surface area (Å²) < 4.78 is 10.8. The molecule has 1 unspecified atom stereocenters. The molecular formula is C16H27NO2. The van der Waals surface area contributed by atoms with Crippen LogP contribution < -0.4 is 10.1 Å². The first-order valence-corrected chi connectivity index (χ1v) is 7.24. The normalized spacial score (nSPS) is 12.4. The Morgan fingerprint density at radius 2 is 1.89 bits per heavy atom. The molecule has 3 heteroatoms. The molecule has 0 aliphatic heterocycles. The highest BCUT2D eigenvalue weighted by Gasteiger charge is 2.04. The summed E-state index contributed by atoms with van der Waals surface area (Å²) in [5.74, 6) is 0.959. The van der Waals surface area contributed by atoms with Gasteiger partial charge in [-0.05, 0) is 30.5 Å². The Morgan fingerprint density at radius 1 is 1.16 bits per heavy atom. The standard InChI is InChI=1S/C16H27NO2/c1-4-6-11-19-16-9-7-14(8-10-16)12-17-15(5-2)13-18-3/h7-10,15,17H,4-6,11-13H2,1-3H3. The van der Waals surface area contributed by atoms with E-state index in [1.165, 1.54) is 12.0 Å². The number of hydrogen-bond acceptors (Lipinski definition) is 3. The van der Waals surface area contributed by atoms with Gasteiger partial charge in [-0.3, -0.25) is 0 Å². The van der Waals surface area contributed by atoms with E-state index in [1.54, 1.807) is 7.11 Å². The molecule has 1 N–H and O–H groups in total. The van der Waals surface area contributed by atoms with Crippen molar-refractivity contribution in [2.45, 2.75) is 45.7 Å². The predicted octanol–water partition coefficient (Wildman–Crippen LogP) is 3.38. The summed E-state index contributed by atoms with van der Waals surface area (Å²) in [6.07, 6.45) is 3.35. The summed E-state index contributed by atoms with van der Waals surface area (Å²) in [7, 11) is 1.74. The number of ether oxygens (including phenoxy) is 2. The molecule has 0 bridgehead atoms. The first-order valence-electron chi connectivity index (χ1n) is 7.24. The van der Waals surface area contributed by atoms with E-state index in [1.807, 2.05) is 12.1 Å². The highest BCUT2D eigenvalue weighted by molar-refractivity contribution is 5.27. The van der Waals surface area contributed by atoms with Crippen molar-refractivity contribution < 1.29 is 9.47 Å². The Bertz CT molecular complexity index is 324. The fourth-order valence-corrected chi connectivity index (χ4v) is 1.82. The second-order valence-electron chi connectivity index (χ2n) is 4.79. The highest BCUT2D eigenvalue weighted by Crippen LogP contribution is 2.12. The van der Waals surface area contributed by atoms with Gasteiger partial charge in [-0.1, -0.05) is 32.4 Å². The van der Waals surface area contributed by atoms with Crippen molar-refractivity contribution in [1.29, 1.82) is 0 Å². The molecule has 1 rings (SSSR count). The predicted molar refractivity (Wildman–Crippen MR) is 79.6 cm³/mol. The maximum absolute atomic E-state index is 5.65. The molecule has 0 fully saturated rings. The van der Waals surface area contributed by atoms with E-state index in [9.17, 15) is 0 Å². The number of methoxy groups -OCH3 is 1. The zero-order valence-corrected chi connectivity index (χ0v) is 12.4. The minimum atomic E-state index is 0.422. The van der Waals surface area contributed by atoms with Crippen LogP contribution in [0.2, 0.25) is 0 Å². The Hall–Kier alpha value is -1.06. The third kappa shape index (κ3) is 6.60. The number of nitrogens with one attached hydrogen (secondary N) is 1. The van der Waals surface area contributed by atoms with Gasteiger partial charge in [0.2, 0.25) is 0 Å². The van der Waals surface area contributed by atoms with Gasteiger partial charge >= 0.3 is 0 Å². The molecule has 0 radical (unpaired) electrons. The monoisotopic (exact) mass is 265 g/mol. The molecule has 1 aromatic rings. The van der Waals surface area contributed by atoms with E-state index in [0.29, 0.717) is 6.04 Å². The van der Waals surface area contributed by atoms with Gasteiger partial charge in [0, 0.05) is 19.7 Å². The Balaban J connectivity index is 2.34. The van der Waals surface area contributed by atoms with Crippen LogP contribution in [0.4, 0.5) is 0 Å². The first kappa shape index (κ1) is 16.0.